The van der Waals surface area contributed by atoms with Gasteiger partial charge >= 0.3 is 0 Å². The summed E-state index contributed by atoms with van der Waals surface area (Å²) >= 11 is 4.41. The van der Waals surface area contributed by atoms with Crippen LogP contribution in [-0.2, 0) is 12.0 Å². The molecule has 0 aromatic heterocycles. The predicted molar refractivity (Wildman–Crippen MR) is 103 cm³/mol. The van der Waals surface area contributed by atoms with E-state index >= 15 is 0 Å². The third kappa shape index (κ3) is 5.11. The van der Waals surface area contributed by atoms with Crippen molar-refractivity contribution >= 4 is 18.5 Å². The molecule has 0 aliphatic rings. The van der Waals surface area contributed by atoms with Crippen LogP contribution in [0, 0.1) is 6.92 Å². The first-order chi connectivity index (χ1) is 11.3. The lowest BCUT2D eigenvalue weighted by molar-refractivity contribution is 0.0945. The molecule has 2 N–H and O–H groups in total. The summed E-state index contributed by atoms with van der Waals surface area (Å²) < 4.78 is 0. The minimum absolute atomic E-state index is 0.0796. The van der Waals surface area contributed by atoms with Gasteiger partial charge in [-0.3, -0.25) is 10.1 Å². The summed E-state index contributed by atoms with van der Waals surface area (Å²) in [4.78, 5) is 12.3. The maximum atomic E-state index is 12.3. The highest BCUT2D eigenvalue weighted by Crippen LogP contribution is 2.22. The van der Waals surface area contributed by atoms with Gasteiger partial charge in [0.25, 0.3) is 5.91 Å². The minimum atomic E-state index is -0.403. The van der Waals surface area contributed by atoms with E-state index in [-0.39, 0.29) is 11.3 Å². The van der Waals surface area contributed by atoms with Crippen molar-refractivity contribution in [2.75, 3.05) is 0 Å². The Labute approximate surface area is 150 Å². The standard InChI is InChI=1S/C20H26N2OS/c1-14-7-5-6-8-16(14)13-21-19(24)22-18(23)15-9-11-17(12-10-15)20(2,3)4/h5-12,19,21,24H,13H2,1-4H3,(H,22,23). The lowest BCUT2D eigenvalue weighted by Crippen LogP contribution is -2.41. The molecule has 1 atom stereocenters. The number of nitrogens with one attached hydrogen (secondary N) is 2. The van der Waals surface area contributed by atoms with Crippen LogP contribution in [0.2, 0.25) is 0 Å². The quantitative estimate of drug-likeness (QED) is 0.567. The van der Waals surface area contributed by atoms with E-state index in [2.05, 4.69) is 63.1 Å². The van der Waals surface area contributed by atoms with Gasteiger partial charge in [-0.1, -0.05) is 57.2 Å². The van der Waals surface area contributed by atoms with E-state index in [1.807, 2.05) is 36.4 Å². The first-order valence-electron chi connectivity index (χ1n) is 8.15. The summed E-state index contributed by atoms with van der Waals surface area (Å²) in [7, 11) is 0. The third-order valence-corrected chi connectivity index (χ3v) is 4.34. The van der Waals surface area contributed by atoms with E-state index in [0.717, 1.165) is 0 Å². The molecule has 1 unspecified atom stereocenters. The van der Waals surface area contributed by atoms with Crippen molar-refractivity contribution in [3.63, 3.8) is 0 Å². The number of amides is 1. The number of carbonyl (C=O) groups excluding carboxylic acids is 1. The molecular weight excluding hydrogens is 316 g/mol. The fraction of sp³-hybridized carbons (Fsp3) is 0.350. The molecular formula is C20H26N2OS. The van der Waals surface area contributed by atoms with Crippen LogP contribution in [0.1, 0.15) is 47.8 Å². The minimum Gasteiger partial charge on any atom is -0.328 e. The lowest BCUT2D eigenvalue weighted by Gasteiger charge is -2.19. The van der Waals surface area contributed by atoms with E-state index in [0.29, 0.717) is 12.1 Å². The normalized spacial score (nSPS) is 12.7. The van der Waals surface area contributed by atoms with Crippen LogP contribution in [0.5, 0.6) is 0 Å². The second kappa shape index (κ2) is 7.86. The van der Waals surface area contributed by atoms with Gasteiger partial charge in [0.15, 0.2) is 0 Å². The first-order valence-corrected chi connectivity index (χ1v) is 8.66. The van der Waals surface area contributed by atoms with Crippen LogP contribution >= 0.6 is 12.6 Å². The Hall–Kier alpha value is -1.78. The summed E-state index contributed by atoms with van der Waals surface area (Å²) in [6.45, 7) is 9.19. The van der Waals surface area contributed by atoms with Crippen LogP contribution in [0.15, 0.2) is 48.5 Å². The molecule has 0 saturated heterocycles. The van der Waals surface area contributed by atoms with Crippen molar-refractivity contribution in [2.24, 2.45) is 0 Å². The lowest BCUT2D eigenvalue weighted by atomic mass is 9.87. The van der Waals surface area contributed by atoms with Gasteiger partial charge in [-0.25, -0.2) is 0 Å². The Kier molecular flexibility index (Phi) is 6.08. The first kappa shape index (κ1) is 18.6. The molecule has 128 valence electrons. The average Bonchev–Trinajstić information content (AvgIpc) is 2.53. The van der Waals surface area contributed by atoms with Gasteiger partial charge in [0.05, 0.1) is 0 Å². The zero-order valence-corrected chi connectivity index (χ0v) is 15.7. The predicted octanol–water partition coefficient (Wildman–Crippen LogP) is 4.03. The van der Waals surface area contributed by atoms with Crippen molar-refractivity contribution in [1.82, 2.24) is 10.6 Å². The Bertz CT molecular complexity index is 690. The summed E-state index contributed by atoms with van der Waals surface area (Å²) in [5.41, 5.74) is 3.93. The van der Waals surface area contributed by atoms with Gasteiger partial charge in [0.2, 0.25) is 0 Å². The van der Waals surface area contributed by atoms with E-state index in [4.69, 9.17) is 0 Å². The van der Waals surface area contributed by atoms with Gasteiger partial charge in [0.1, 0.15) is 5.50 Å². The Morgan fingerprint density at radius 3 is 2.29 bits per heavy atom. The van der Waals surface area contributed by atoms with Crippen LogP contribution in [0.4, 0.5) is 0 Å². The summed E-state index contributed by atoms with van der Waals surface area (Å²) in [5, 5.41) is 6.07. The van der Waals surface area contributed by atoms with Crippen molar-refractivity contribution in [3.8, 4) is 0 Å². The Morgan fingerprint density at radius 2 is 1.71 bits per heavy atom. The van der Waals surface area contributed by atoms with E-state index < -0.39 is 5.50 Å². The van der Waals surface area contributed by atoms with Gasteiger partial charge < -0.3 is 5.32 Å². The third-order valence-electron chi connectivity index (χ3n) is 4.03. The fourth-order valence-electron chi connectivity index (χ4n) is 2.40. The average molecular weight is 343 g/mol. The number of benzene rings is 2. The van der Waals surface area contributed by atoms with Gasteiger partial charge in [-0.2, -0.15) is 0 Å². The summed E-state index contributed by atoms with van der Waals surface area (Å²) in [6.07, 6.45) is 0. The summed E-state index contributed by atoms with van der Waals surface area (Å²) in [5.74, 6) is -0.132. The molecule has 0 aliphatic carbocycles. The highest BCUT2D eigenvalue weighted by atomic mass is 32.1. The second-order valence-electron chi connectivity index (χ2n) is 7.01. The molecule has 0 fully saturated rings. The molecule has 2 aromatic carbocycles. The van der Waals surface area contributed by atoms with E-state index in [9.17, 15) is 4.79 Å². The monoisotopic (exact) mass is 342 g/mol. The molecule has 0 saturated carbocycles. The van der Waals surface area contributed by atoms with Crippen molar-refractivity contribution < 1.29 is 4.79 Å². The number of thiol groups is 1. The fourth-order valence-corrected chi connectivity index (χ4v) is 2.60. The number of hydrogen-bond donors (Lipinski definition) is 3. The highest BCUT2D eigenvalue weighted by Gasteiger charge is 2.15. The Morgan fingerprint density at radius 1 is 1.08 bits per heavy atom. The molecule has 2 aromatic rings. The number of aryl methyl sites for hydroxylation is 1. The zero-order valence-electron chi connectivity index (χ0n) is 14.8. The van der Waals surface area contributed by atoms with Crippen LogP contribution < -0.4 is 10.6 Å². The van der Waals surface area contributed by atoms with E-state index in [1.54, 1.807) is 0 Å². The second-order valence-corrected chi connectivity index (χ2v) is 7.53. The highest BCUT2D eigenvalue weighted by molar-refractivity contribution is 7.80. The molecule has 0 aliphatic heterocycles. The molecule has 0 radical (unpaired) electrons. The van der Waals surface area contributed by atoms with Gasteiger partial charge in [-0.15, -0.1) is 12.6 Å². The molecule has 0 bridgehead atoms. The van der Waals surface area contributed by atoms with Gasteiger partial charge in [0, 0.05) is 12.1 Å². The number of carbonyl (C=O) groups is 1. The molecule has 0 heterocycles. The zero-order chi connectivity index (χ0) is 17.7. The molecule has 2 rings (SSSR count). The molecule has 3 nitrogen and oxygen atoms in total. The smallest absolute Gasteiger partial charge is 0.253 e. The van der Waals surface area contributed by atoms with Crippen molar-refractivity contribution in [3.05, 3.63) is 70.8 Å². The maximum Gasteiger partial charge on any atom is 0.253 e. The molecule has 1 amide bonds. The van der Waals surface area contributed by atoms with Crippen LogP contribution in [0.25, 0.3) is 0 Å². The number of rotatable bonds is 5. The molecule has 0 spiro atoms. The molecule has 4 heteroatoms. The number of hydrogen-bond acceptors (Lipinski definition) is 3. The Balaban J connectivity index is 1.90. The van der Waals surface area contributed by atoms with Crippen molar-refractivity contribution in [1.29, 1.82) is 0 Å². The summed E-state index contributed by atoms with van der Waals surface area (Å²) in [6, 6.07) is 15.9. The maximum absolute atomic E-state index is 12.3. The topological polar surface area (TPSA) is 41.1 Å². The SMILES string of the molecule is Cc1ccccc1CNC(S)NC(=O)c1ccc(C(C)(C)C)cc1. The van der Waals surface area contributed by atoms with Crippen LogP contribution in [-0.4, -0.2) is 11.4 Å². The van der Waals surface area contributed by atoms with Crippen LogP contribution in [0.3, 0.4) is 0 Å². The largest absolute Gasteiger partial charge is 0.328 e. The van der Waals surface area contributed by atoms with Crippen molar-refractivity contribution in [2.45, 2.75) is 45.2 Å². The van der Waals surface area contributed by atoms with E-state index in [1.165, 1.54) is 16.7 Å². The molecule has 24 heavy (non-hydrogen) atoms. The van der Waals surface area contributed by atoms with Gasteiger partial charge in [-0.05, 0) is 41.2 Å².